The molecule has 0 bridgehead atoms. The van der Waals surface area contributed by atoms with Gasteiger partial charge in [0.05, 0.1) is 11.5 Å². The zero-order valence-corrected chi connectivity index (χ0v) is 16.0. The largest absolute Gasteiger partial charge is 0.465 e. The topological polar surface area (TPSA) is 63.7 Å². The Labute approximate surface area is 145 Å². The monoisotopic (exact) mass is 353 g/mol. The van der Waals surface area contributed by atoms with Gasteiger partial charge in [-0.25, -0.2) is 8.42 Å². The first-order chi connectivity index (χ1) is 11.2. The molecule has 5 nitrogen and oxygen atoms in total. The normalized spacial score (nSPS) is 19.3. The summed E-state index contributed by atoms with van der Waals surface area (Å²) in [5.74, 6) is -0.444. The number of hydrogen-bond donors (Lipinski definition) is 0. The van der Waals surface area contributed by atoms with E-state index in [1.807, 2.05) is 33.8 Å². The minimum absolute atomic E-state index is 0.255. The van der Waals surface area contributed by atoms with Gasteiger partial charge >= 0.3 is 5.97 Å². The fourth-order valence-electron chi connectivity index (χ4n) is 3.35. The predicted molar refractivity (Wildman–Crippen MR) is 93.6 cm³/mol. The minimum Gasteiger partial charge on any atom is -0.465 e. The highest BCUT2D eigenvalue weighted by Crippen LogP contribution is 2.32. The van der Waals surface area contributed by atoms with Crippen LogP contribution < -0.4 is 0 Å². The van der Waals surface area contributed by atoms with E-state index in [9.17, 15) is 13.2 Å². The molecule has 0 amide bonds. The van der Waals surface area contributed by atoms with Gasteiger partial charge in [-0.15, -0.1) is 0 Å². The van der Waals surface area contributed by atoms with Crippen molar-refractivity contribution in [2.45, 2.75) is 64.8 Å². The summed E-state index contributed by atoms with van der Waals surface area (Å²) < 4.78 is 33.2. The van der Waals surface area contributed by atoms with Gasteiger partial charge in [-0.3, -0.25) is 4.79 Å². The van der Waals surface area contributed by atoms with Crippen molar-refractivity contribution >= 4 is 16.0 Å². The molecule has 0 aromatic heterocycles. The highest BCUT2D eigenvalue weighted by Gasteiger charge is 2.40. The number of sulfonamides is 1. The number of carbonyl (C=O) groups is 1. The highest BCUT2D eigenvalue weighted by atomic mass is 32.2. The molecule has 0 aliphatic carbocycles. The number of nitrogens with zero attached hydrogens (tertiary/aromatic N) is 1. The first-order valence-corrected chi connectivity index (χ1v) is 9.91. The van der Waals surface area contributed by atoms with E-state index >= 15 is 0 Å². The van der Waals surface area contributed by atoms with E-state index in [-0.39, 0.29) is 6.61 Å². The summed E-state index contributed by atoms with van der Waals surface area (Å²) in [6.45, 7) is 9.84. The molecule has 0 N–H and O–H groups in total. The first kappa shape index (κ1) is 18.9. The first-order valence-electron chi connectivity index (χ1n) is 8.47. The van der Waals surface area contributed by atoms with E-state index < -0.39 is 22.0 Å². The SMILES string of the molecule is CCOC(=O)C1CCCCN1S(=O)(=O)c1c(C)c(C)cc(C)c1C. The van der Waals surface area contributed by atoms with Gasteiger partial charge < -0.3 is 4.74 Å². The van der Waals surface area contributed by atoms with Crippen LogP contribution in [0.25, 0.3) is 0 Å². The molecule has 1 aliphatic heterocycles. The number of piperidine rings is 1. The summed E-state index contributed by atoms with van der Waals surface area (Å²) in [6, 6.07) is 1.28. The lowest BCUT2D eigenvalue weighted by molar-refractivity contribution is -0.148. The van der Waals surface area contributed by atoms with Crippen molar-refractivity contribution in [3.63, 3.8) is 0 Å². The molecule has 1 saturated heterocycles. The van der Waals surface area contributed by atoms with Crippen LogP contribution in [-0.2, 0) is 19.6 Å². The summed E-state index contributed by atoms with van der Waals surface area (Å²) in [7, 11) is -3.75. The molecule has 1 aliphatic rings. The van der Waals surface area contributed by atoms with Crippen molar-refractivity contribution in [2.75, 3.05) is 13.2 Å². The molecule has 0 spiro atoms. The number of carbonyl (C=O) groups excluding carboxylic acids is 1. The van der Waals surface area contributed by atoms with Gasteiger partial charge in [-0.1, -0.05) is 6.07 Å². The zero-order chi connectivity index (χ0) is 18.1. The van der Waals surface area contributed by atoms with Crippen molar-refractivity contribution in [2.24, 2.45) is 0 Å². The minimum atomic E-state index is -3.75. The maximum Gasteiger partial charge on any atom is 0.324 e. The second-order valence-corrected chi connectivity index (χ2v) is 8.30. The van der Waals surface area contributed by atoms with E-state index in [1.165, 1.54) is 4.31 Å². The van der Waals surface area contributed by atoms with Gasteiger partial charge in [-0.2, -0.15) is 4.31 Å². The molecule has 1 unspecified atom stereocenters. The molecule has 0 saturated carbocycles. The van der Waals surface area contributed by atoms with Gasteiger partial charge in [0.1, 0.15) is 6.04 Å². The van der Waals surface area contributed by atoms with Gasteiger partial charge in [0, 0.05) is 6.54 Å². The summed E-state index contributed by atoms with van der Waals surface area (Å²) >= 11 is 0. The maximum atomic E-state index is 13.4. The maximum absolute atomic E-state index is 13.4. The van der Waals surface area contributed by atoms with Crippen LogP contribution in [0.4, 0.5) is 0 Å². The van der Waals surface area contributed by atoms with Gasteiger partial charge in [0.15, 0.2) is 0 Å². The van der Waals surface area contributed by atoms with Crippen molar-refractivity contribution in [3.8, 4) is 0 Å². The molecule has 24 heavy (non-hydrogen) atoms. The molecule has 2 rings (SSSR count). The van der Waals surface area contributed by atoms with E-state index in [1.54, 1.807) is 6.92 Å². The summed E-state index contributed by atoms with van der Waals surface area (Å²) in [4.78, 5) is 12.6. The van der Waals surface area contributed by atoms with Crippen molar-refractivity contribution in [1.82, 2.24) is 4.31 Å². The average Bonchev–Trinajstić information content (AvgIpc) is 2.53. The Balaban J connectivity index is 2.55. The molecular weight excluding hydrogens is 326 g/mol. The molecule has 1 atom stereocenters. The molecule has 1 heterocycles. The number of aryl methyl sites for hydroxylation is 2. The fraction of sp³-hybridized carbons (Fsp3) is 0.611. The van der Waals surface area contributed by atoms with E-state index in [0.29, 0.717) is 17.9 Å². The standard InChI is InChI=1S/C18H27NO4S/c1-6-23-18(20)16-9-7-8-10-19(16)24(21,22)17-14(4)12(2)11-13(3)15(17)5/h11,16H,6-10H2,1-5H3. The van der Waals surface area contributed by atoms with Crippen LogP contribution in [0.15, 0.2) is 11.0 Å². The van der Waals surface area contributed by atoms with Crippen molar-refractivity contribution in [3.05, 3.63) is 28.3 Å². The Bertz CT molecular complexity index is 714. The summed E-state index contributed by atoms with van der Waals surface area (Å²) in [5, 5.41) is 0. The second-order valence-electron chi connectivity index (χ2n) is 6.47. The number of benzene rings is 1. The van der Waals surface area contributed by atoms with Crippen LogP contribution >= 0.6 is 0 Å². The van der Waals surface area contributed by atoms with E-state index in [2.05, 4.69) is 0 Å². The average molecular weight is 353 g/mol. The molecule has 1 aromatic carbocycles. The van der Waals surface area contributed by atoms with Crippen LogP contribution in [0, 0.1) is 27.7 Å². The molecule has 1 aromatic rings. The van der Waals surface area contributed by atoms with Gasteiger partial charge in [0.25, 0.3) is 0 Å². The third kappa shape index (κ3) is 3.35. The van der Waals surface area contributed by atoms with Gasteiger partial charge in [-0.05, 0) is 76.1 Å². The lowest BCUT2D eigenvalue weighted by atomic mass is 10.0. The number of rotatable bonds is 4. The molecule has 6 heteroatoms. The Hall–Kier alpha value is -1.40. The van der Waals surface area contributed by atoms with Gasteiger partial charge in [0.2, 0.25) is 10.0 Å². The number of esters is 1. The van der Waals surface area contributed by atoms with Crippen LogP contribution in [0.1, 0.15) is 48.4 Å². The molecular formula is C18H27NO4S. The number of ether oxygens (including phenoxy) is 1. The van der Waals surface area contributed by atoms with Crippen LogP contribution in [0.2, 0.25) is 0 Å². The lowest BCUT2D eigenvalue weighted by Crippen LogP contribution is -2.48. The number of hydrogen-bond acceptors (Lipinski definition) is 4. The predicted octanol–water partition coefficient (Wildman–Crippen LogP) is 3.03. The molecule has 134 valence electrons. The highest BCUT2D eigenvalue weighted by molar-refractivity contribution is 7.89. The van der Waals surface area contributed by atoms with Crippen molar-refractivity contribution < 1.29 is 17.9 Å². The lowest BCUT2D eigenvalue weighted by Gasteiger charge is -2.34. The van der Waals surface area contributed by atoms with Crippen molar-refractivity contribution in [1.29, 1.82) is 0 Å². The molecule has 1 fully saturated rings. The van der Waals surface area contributed by atoms with E-state index in [0.717, 1.165) is 35.1 Å². The van der Waals surface area contributed by atoms with Crippen LogP contribution in [0.3, 0.4) is 0 Å². The Morgan fingerprint density at radius 1 is 1.17 bits per heavy atom. The summed E-state index contributed by atoms with van der Waals surface area (Å²) in [6.07, 6.45) is 2.11. The third-order valence-electron chi connectivity index (χ3n) is 4.88. The Morgan fingerprint density at radius 2 is 1.75 bits per heavy atom. The smallest absolute Gasteiger partial charge is 0.324 e. The third-order valence-corrected chi connectivity index (χ3v) is 7.06. The van der Waals surface area contributed by atoms with Crippen LogP contribution in [0.5, 0.6) is 0 Å². The van der Waals surface area contributed by atoms with E-state index in [4.69, 9.17) is 4.74 Å². The Kier molecular flexibility index (Phi) is 5.71. The fourth-order valence-corrected chi connectivity index (χ4v) is 5.58. The summed E-state index contributed by atoms with van der Waals surface area (Å²) in [5.41, 5.74) is 3.40. The zero-order valence-electron chi connectivity index (χ0n) is 15.2. The quantitative estimate of drug-likeness (QED) is 0.781. The second kappa shape index (κ2) is 7.23. The van der Waals surface area contributed by atoms with Crippen LogP contribution in [-0.4, -0.2) is 37.9 Å². The molecule has 0 radical (unpaired) electrons. The Morgan fingerprint density at radius 3 is 2.29 bits per heavy atom.